The van der Waals surface area contributed by atoms with Gasteiger partial charge < -0.3 is 9.88 Å². The maximum absolute atomic E-state index is 12.8. The predicted molar refractivity (Wildman–Crippen MR) is 111 cm³/mol. The fourth-order valence-electron chi connectivity index (χ4n) is 3.05. The highest BCUT2D eigenvalue weighted by Gasteiger charge is 2.18. The van der Waals surface area contributed by atoms with Gasteiger partial charge in [0.1, 0.15) is 6.54 Å². The summed E-state index contributed by atoms with van der Waals surface area (Å²) in [5.41, 5.74) is 0.257. The number of amides is 1. The van der Waals surface area contributed by atoms with E-state index in [4.69, 9.17) is 0 Å². The van der Waals surface area contributed by atoms with Gasteiger partial charge in [-0.15, -0.1) is 11.3 Å². The first-order valence-corrected chi connectivity index (χ1v) is 9.93. The van der Waals surface area contributed by atoms with Gasteiger partial charge in [-0.25, -0.2) is 4.79 Å². The van der Waals surface area contributed by atoms with Crippen LogP contribution in [0.3, 0.4) is 0 Å². The van der Waals surface area contributed by atoms with E-state index in [0.29, 0.717) is 12.1 Å². The minimum Gasteiger partial charge on any atom is -0.350 e. The van der Waals surface area contributed by atoms with Crippen LogP contribution >= 0.6 is 11.3 Å². The highest BCUT2D eigenvalue weighted by atomic mass is 32.1. The minimum atomic E-state index is -0.624. The number of hydrogen-bond donors (Lipinski definition) is 1. The van der Waals surface area contributed by atoms with E-state index in [1.807, 2.05) is 47.8 Å². The van der Waals surface area contributed by atoms with Gasteiger partial charge in [-0.2, -0.15) is 4.98 Å². The maximum Gasteiger partial charge on any atom is 0.352 e. The number of pyridine rings is 1. The van der Waals surface area contributed by atoms with Crippen LogP contribution in [0.1, 0.15) is 10.4 Å². The van der Waals surface area contributed by atoms with E-state index in [-0.39, 0.29) is 24.8 Å². The van der Waals surface area contributed by atoms with Crippen molar-refractivity contribution in [1.82, 2.24) is 19.4 Å². The first-order chi connectivity index (χ1) is 14.1. The van der Waals surface area contributed by atoms with Crippen molar-refractivity contribution < 1.29 is 4.79 Å². The van der Waals surface area contributed by atoms with E-state index in [0.717, 1.165) is 15.0 Å². The molecule has 3 heterocycles. The molecule has 0 bridgehead atoms. The largest absolute Gasteiger partial charge is 0.352 e. The van der Waals surface area contributed by atoms with Crippen LogP contribution in [0.25, 0.3) is 11.4 Å². The van der Waals surface area contributed by atoms with Crippen LogP contribution in [0.2, 0.25) is 0 Å². The van der Waals surface area contributed by atoms with Gasteiger partial charge in [0.05, 0.1) is 12.1 Å². The molecule has 29 heavy (non-hydrogen) atoms. The van der Waals surface area contributed by atoms with Gasteiger partial charge in [0.25, 0.3) is 5.56 Å². The number of nitrogens with zero attached hydrogens (tertiary/aromatic N) is 3. The molecule has 2 aromatic rings. The van der Waals surface area contributed by atoms with Crippen molar-refractivity contribution in [2.75, 3.05) is 0 Å². The molecule has 0 atom stereocenters. The lowest BCUT2D eigenvalue weighted by Crippen LogP contribution is -2.38. The third-order valence-corrected chi connectivity index (χ3v) is 5.35. The standard InChI is InChI=1S/C21H18N4O3S/c26-18(22-12-15-6-2-1-3-7-15)14-24-10-4-9-17-19(24)23-21(28)25(20(17)27)13-16-8-5-11-29-16/h1-11H,12-14H2,(H,22,26). The normalized spacial score (nSPS) is 10.9. The number of hydrogen-bond acceptors (Lipinski definition) is 5. The number of rotatable bonds is 6. The Morgan fingerprint density at radius 2 is 1.86 bits per heavy atom. The monoisotopic (exact) mass is 406 g/mol. The topological polar surface area (TPSA) is 86.0 Å². The fourth-order valence-corrected chi connectivity index (χ4v) is 3.74. The molecule has 0 aliphatic carbocycles. The third kappa shape index (κ3) is 4.17. The van der Waals surface area contributed by atoms with Crippen LogP contribution < -0.4 is 16.6 Å². The molecule has 1 amide bonds. The van der Waals surface area contributed by atoms with Crippen LogP contribution in [0.15, 0.2) is 75.8 Å². The molecule has 1 aromatic carbocycles. The summed E-state index contributed by atoms with van der Waals surface area (Å²) in [6.45, 7) is 0.550. The molecule has 0 spiro atoms. The van der Waals surface area contributed by atoms with E-state index < -0.39 is 11.2 Å². The number of benzene rings is 1. The second-order valence-electron chi connectivity index (χ2n) is 6.50. The van der Waals surface area contributed by atoms with Gasteiger partial charge in [-0.1, -0.05) is 36.4 Å². The molecule has 2 aliphatic heterocycles. The lowest BCUT2D eigenvalue weighted by Gasteiger charge is -2.15. The molecular formula is C21H18N4O3S. The summed E-state index contributed by atoms with van der Waals surface area (Å²) in [6.07, 6.45) is 1.64. The first-order valence-electron chi connectivity index (χ1n) is 9.05. The molecule has 1 aromatic heterocycles. The zero-order valence-electron chi connectivity index (χ0n) is 15.4. The Bertz CT molecular complexity index is 1210. The van der Waals surface area contributed by atoms with Crippen LogP contribution in [0.5, 0.6) is 0 Å². The fraction of sp³-hybridized carbons (Fsp3) is 0.143. The van der Waals surface area contributed by atoms with E-state index in [1.54, 1.807) is 18.3 Å². The van der Waals surface area contributed by atoms with Crippen molar-refractivity contribution >= 4 is 17.2 Å². The van der Waals surface area contributed by atoms with Crippen molar-refractivity contribution in [3.8, 4) is 11.4 Å². The molecule has 0 saturated carbocycles. The second kappa shape index (κ2) is 8.24. The molecule has 0 radical (unpaired) electrons. The smallest absolute Gasteiger partial charge is 0.350 e. The van der Waals surface area contributed by atoms with E-state index in [1.165, 1.54) is 15.9 Å². The Hall–Kier alpha value is -3.52. The lowest BCUT2D eigenvalue weighted by atomic mass is 10.2. The summed E-state index contributed by atoms with van der Waals surface area (Å²) in [7, 11) is 0. The third-order valence-electron chi connectivity index (χ3n) is 4.49. The number of carbonyl (C=O) groups excluding carboxylic acids is 1. The number of aromatic nitrogens is 3. The lowest BCUT2D eigenvalue weighted by molar-refractivity contribution is -0.121. The average molecular weight is 406 g/mol. The molecule has 1 N–H and O–H groups in total. The molecule has 0 unspecified atom stereocenters. The Labute approximate surface area is 170 Å². The summed E-state index contributed by atoms with van der Waals surface area (Å²) >= 11 is 1.47. The van der Waals surface area contributed by atoms with Crippen molar-refractivity contribution in [1.29, 1.82) is 0 Å². The van der Waals surface area contributed by atoms with Gasteiger partial charge >= 0.3 is 5.69 Å². The molecule has 0 saturated heterocycles. The highest BCUT2D eigenvalue weighted by Crippen LogP contribution is 2.14. The summed E-state index contributed by atoms with van der Waals surface area (Å²) in [5.74, 6) is -0.0249. The summed E-state index contributed by atoms with van der Waals surface area (Å²) < 4.78 is 2.64. The zero-order chi connectivity index (χ0) is 20.2. The Morgan fingerprint density at radius 3 is 2.62 bits per heavy atom. The van der Waals surface area contributed by atoms with Gasteiger partial charge in [0, 0.05) is 17.6 Å². The molecule has 4 rings (SSSR count). The van der Waals surface area contributed by atoms with Gasteiger partial charge in [0.2, 0.25) is 5.91 Å². The van der Waals surface area contributed by atoms with Crippen LogP contribution in [-0.4, -0.2) is 20.0 Å². The average Bonchev–Trinajstić information content (AvgIpc) is 3.24. The predicted octanol–water partition coefficient (Wildman–Crippen LogP) is 1.94. The molecule has 7 nitrogen and oxygen atoms in total. The number of carbonyl (C=O) groups is 1. The second-order valence-corrected chi connectivity index (χ2v) is 7.53. The van der Waals surface area contributed by atoms with Crippen LogP contribution in [-0.2, 0) is 24.4 Å². The van der Waals surface area contributed by atoms with E-state index in [9.17, 15) is 14.4 Å². The van der Waals surface area contributed by atoms with Crippen molar-refractivity contribution in [3.05, 3.63) is 97.5 Å². The van der Waals surface area contributed by atoms with Crippen molar-refractivity contribution in [2.24, 2.45) is 0 Å². The van der Waals surface area contributed by atoms with Gasteiger partial charge in [-0.05, 0) is 29.1 Å². The zero-order valence-corrected chi connectivity index (χ0v) is 16.3. The van der Waals surface area contributed by atoms with Crippen LogP contribution in [0.4, 0.5) is 0 Å². The summed E-state index contributed by atoms with van der Waals surface area (Å²) in [6, 6.07) is 16.6. The number of nitrogens with one attached hydrogen (secondary N) is 1. The SMILES string of the molecule is O=C(Cn1cccc2c(=O)n(Cc3cccs3)c(=O)nc1-2)NCc1ccccc1. The molecule has 146 valence electrons. The summed E-state index contributed by atoms with van der Waals surface area (Å²) in [5, 5.41) is 4.73. The van der Waals surface area contributed by atoms with Crippen molar-refractivity contribution in [2.45, 2.75) is 19.6 Å². The Balaban J connectivity index is 1.58. The van der Waals surface area contributed by atoms with Crippen LogP contribution in [0, 0.1) is 0 Å². The van der Waals surface area contributed by atoms with E-state index in [2.05, 4.69) is 10.3 Å². The van der Waals surface area contributed by atoms with E-state index >= 15 is 0 Å². The maximum atomic E-state index is 12.8. The Kier molecular flexibility index (Phi) is 5.35. The number of fused-ring (bicyclic) bond motifs is 1. The Morgan fingerprint density at radius 1 is 1.03 bits per heavy atom. The van der Waals surface area contributed by atoms with Gasteiger partial charge in [-0.3, -0.25) is 14.2 Å². The first kappa shape index (κ1) is 18.8. The molecule has 8 heteroatoms. The summed E-state index contributed by atoms with van der Waals surface area (Å²) in [4.78, 5) is 42.6. The molecular weight excluding hydrogens is 388 g/mol. The minimum absolute atomic E-state index is 0.0367. The molecule has 2 aliphatic rings. The molecule has 0 fully saturated rings. The highest BCUT2D eigenvalue weighted by molar-refractivity contribution is 7.09. The van der Waals surface area contributed by atoms with Gasteiger partial charge in [0.15, 0.2) is 5.82 Å². The van der Waals surface area contributed by atoms with Crippen molar-refractivity contribution in [3.63, 3.8) is 0 Å². The number of thiophene rings is 1. The quantitative estimate of drug-likeness (QED) is 0.530.